The Bertz CT molecular complexity index is 2900. The zero-order chi connectivity index (χ0) is 95.9. The van der Waals surface area contributed by atoms with Gasteiger partial charge in [-0.1, -0.05) is 138 Å². The van der Waals surface area contributed by atoms with Crippen LogP contribution in [0.15, 0.2) is 25.3 Å². The van der Waals surface area contributed by atoms with Gasteiger partial charge in [-0.2, -0.15) is 193 Å². The summed E-state index contributed by atoms with van der Waals surface area (Å²) in [5.41, 5.74) is 0. The van der Waals surface area contributed by atoms with E-state index in [-0.39, 0.29) is 38.5 Å². The maximum atomic E-state index is 14.4. The summed E-state index contributed by atoms with van der Waals surface area (Å²) in [7, 11) is 0. The molecule has 722 valence electrons. The van der Waals surface area contributed by atoms with Gasteiger partial charge in [0, 0.05) is 50.3 Å². The number of hydrogen-bond donors (Lipinski definition) is 0. The Labute approximate surface area is 707 Å². The number of unbranched alkanes of at least 4 members (excludes halogenated alkanes) is 15. The topological polar surface area (TPSA) is 0 Å². The van der Waals surface area contributed by atoms with Gasteiger partial charge in [0.1, 0.15) is 0 Å². The van der Waals surface area contributed by atoms with Crippen molar-refractivity contribution in [3.8, 4) is 0 Å². The van der Waals surface area contributed by atoms with Gasteiger partial charge in [0.25, 0.3) is 0 Å². The van der Waals surface area contributed by atoms with Crippen LogP contribution in [0.5, 0.6) is 0 Å². The molecule has 0 heterocycles. The molecular weight excluding hydrogens is 2230 g/mol. The van der Waals surface area contributed by atoms with Crippen molar-refractivity contribution in [2.24, 2.45) is 0 Å². The normalized spacial score (nSPS) is 15.7. The third-order valence-corrected chi connectivity index (χ3v) is 32.4. The Balaban J connectivity index is -0.00000198. The molecule has 3 atom stereocenters. The van der Waals surface area contributed by atoms with Crippen molar-refractivity contribution < 1.29 is 211 Å². The van der Waals surface area contributed by atoms with Crippen molar-refractivity contribution in [3.05, 3.63) is 25.3 Å². The number of hydrogen-bond acceptors (Lipinski definition) is 0. The zero-order valence-electron chi connectivity index (χ0n) is 63.4. The first-order valence-electron chi connectivity index (χ1n) is 36.5. The first kappa shape index (κ1) is 123. The number of alkyl halides is 51. The van der Waals surface area contributed by atoms with E-state index in [1.807, 2.05) is 0 Å². The molecule has 52 heteroatoms. The SMILES string of the molecule is C=CCCCCC(I)CC(F)(F)C(F)(F)C(F)(F)C(F)(F)C(F)(F)C(F)(F)CC(I)CCCCC(I)CC(F)(F)C(F)(F)C(F)(F)C(F)(F)C(F)(F)C(F)F.C=CCCCCCCC(F)(F)C(F)(F)C(F)(F)C(F)(F)C(F)(F)C(F)(F)CCCCCCCCC(F)(F)C(F)(F)C(F)(F)C(F)(F)C(F)(F)C(F)F.CCC[CH2][SnH]([CH2]CCC)[CH2]CCC. The summed E-state index contributed by atoms with van der Waals surface area (Å²) in [6, 6.07) is 0. The molecule has 0 bridgehead atoms. The molecular formula is C68H89F48I3Sn. The molecule has 0 aromatic heterocycles. The molecule has 120 heavy (non-hydrogen) atoms. The third kappa shape index (κ3) is 28.6. The van der Waals surface area contributed by atoms with E-state index >= 15 is 0 Å². The van der Waals surface area contributed by atoms with E-state index < -0.39 is 284 Å². The molecule has 0 fully saturated rings. The molecule has 0 rings (SSSR count). The summed E-state index contributed by atoms with van der Waals surface area (Å²) in [5, 5.41) is 0. The van der Waals surface area contributed by atoms with Crippen molar-refractivity contribution in [2.75, 3.05) is 0 Å². The first-order valence-corrected chi connectivity index (χ1v) is 47.2. The minimum absolute atomic E-state index is 0.0351. The van der Waals surface area contributed by atoms with Gasteiger partial charge in [-0.3, -0.25) is 0 Å². The zero-order valence-corrected chi connectivity index (χ0v) is 73.1. The molecule has 0 aromatic carbocycles. The van der Waals surface area contributed by atoms with Crippen LogP contribution in [0.4, 0.5) is 211 Å². The molecule has 0 aliphatic rings. The van der Waals surface area contributed by atoms with Crippen molar-refractivity contribution in [3.63, 3.8) is 0 Å². The van der Waals surface area contributed by atoms with Gasteiger partial charge >= 0.3 is 236 Å². The fourth-order valence-electron chi connectivity index (χ4n) is 10.9. The van der Waals surface area contributed by atoms with Gasteiger partial charge in [0.15, 0.2) is 0 Å². The van der Waals surface area contributed by atoms with Crippen molar-refractivity contribution in [1.82, 2.24) is 0 Å². The number of allylic oxidation sites excluding steroid dienone is 2. The van der Waals surface area contributed by atoms with E-state index in [2.05, 4.69) is 33.9 Å². The van der Waals surface area contributed by atoms with Gasteiger partial charge in [0.2, 0.25) is 0 Å². The van der Waals surface area contributed by atoms with Gasteiger partial charge in [0.05, 0.1) is 0 Å². The molecule has 0 aromatic rings. The Morgan fingerprint density at radius 2 is 0.408 bits per heavy atom. The monoisotopic (exact) mass is 2320 g/mol. The second-order valence-corrected chi connectivity index (χ2v) is 43.7. The standard InChI is InChI=1S/C28H29F24I3.C28H32F24.3C4H9.Sn.H/c1-2-3-4-5-8-14(53)11-19(33,34)23(41,42)27(49,50)28(51,52)24(43,44)20(35,36)13-16(55)10-7-6-9-15(54)12-18(31,32)22(39,40)26(47,48)25(45,46)21(37,38)17(29)30;1-2-3-4-5-8-11-15-19(33,34)23(41,42)27(49,50)28(51,52)24(43,44)20(35,36)16-13-10-7-6-9-12-14-18(31,32)22(39,40)26(47,48)25(45,46)21(37,38)17(29)30;3*1-3-4-2;;/h2,14-17H,1,3-13H2;2,17H,1,3-16H2;3*1,3-4H2,2H3;;. The van der Waals surface area contributed by atoms with Crippen molar-refractivity contribution in [2.45, 2.75) is 388 Å². The van der Waals surface area contributed by atoms with E-state index in [9.17, 15) is 211 Å². The second-order valence-electron chi connectivity index (χ2n) is 28.5. The summed E-state index contributed by atoms with van der Waals surface area (Å²) in [6.45, 7) is 13.7. The van der Waals surface area contributed by atoms with Crippen LogP contribution in [0.2, 0.25) is 13.3 Å². The predicted molar refractivity (Wildman–Crippen MR) is 376 cm³/mol. The molecule has 0 spiro atoms. The predicted octanol–water partition coefficient (Wildman–Crippen LogP) is 33.6. The molecule has 0 N–H and O–H groups in total. The summed E-state index contributed by atoms with van der Waals surface area (Å²) in [6.07, 6.45) is -23.6. The molecule has 0 amide bonds. The van der Waals surface area contributed by atoms with Gasteiger partial charge in [-0.15, -0.1) is 13.2 Å². The Hall–Kier alpha value is -0.891. The van der Waals surface area contributed by atoms with Crippen LogP contribution in [-0.2, 0) is 0 Å². The Morgan fingerprint density at radius 1 is 0.233 bits per heavy atom. The fraction of sp³-hybridized carbons (Fsp3) is 0.941. The second kappa shape index (κ2) is 47.3. The molecule has 0 saturated carbocycles. The summed E-state index contributed by atoms with van der Waals surface area (Å²) < 4.78 is 659. The van der Waals surface area contributed by atoms with Crippen LogP contribution in [0.25, 0.3) is 0 Å². The molecule has 0 aliphatic carbocycles. The molecule has 0 radical (unpaired) electrons. The van der Waals surface area contributed by atoms with Crippen LogP contribution in [0.1, 0.15) is 220 Å². The number of rotatable bonds is 61. The summed E-state index contributed by atoms with van der Waals surface area (Å²) in [4.78, 5) is 0. The summed E-state index contributed by atoms with van der Waals surface area (Å²) in [5.74, 6) is -158. The van der Waals surface area contributed by atoms with Crippen LogP contribution in [-0.4, -0.2) is 175 Å². The van der Waals surface area contributed by atoms with Crippen LogP contribution in [0.3, 0.4) is 0 Å². The first-order chi connectivity index (χ1) is 53.4. The van der Waals surface area contributed by atoms with E-state index in [0.29, 0.717) is 12.8 Å². The Morgan fingerprint density at radius 3 is 0.608 bits per heavy atom. The van der Waals surface area contributed by atoms with Crippen LogP contribution >= 0.6 is 67.8 Å². The molecule has 0 nitrogen and oxygen atoms in total. The van der Waals surface area contributed by atoms with Crippen LogP contribution in [0, 0.1) is 0 Å². The molecule has 0 saturated heterocycles. The van der Waals surface area contributed by atoms with Crippen molar-refractivity contribution in [1.29, 1.82) is 0 Å². The van der Waals surface area contributed by atoms with Gasteiger partial charge in [-0.05, 0) is 64.2 Å². The van der Waals surface area contributed by atoms with Gasteiger partial charge < -0.3 is 0 Å². The van der Waals surface area contributed by atoms with E-state index in [1.165, 1.54) is 50.7 Å². The van der Waals surface area contributed by atoms with Gasteiger partial charge in [-0.25, -0.2) is 17.6 Å². The van der Waals surface area contributed by atoms with E-state index in [1.54, 1.807) is 13.3 Å². The minimum atomic E-state index is -7.84. The molecule has 3 unspecified atom stereocenters. The number of halogens is 51. The molecule has 0 aliphatic heterocycles. The fourth-order valence-corrected chi connectivity index (χ4v) is 24.8. The van der Waals surface area contributed by atoms with E-state index in [0.717, 1.165) is 67.8 Å². The Kier molecular flexibility index (Phi) is 48.6. The summed E-state index contributed by atoms with van der Waals surface area (Å²) >= 11 is 1.75. The quantitative estimate of drug-likeness (QED) is 0.0142. The van der Waals surface area contributed by atoms with Crippen LogP contribution < -0.4 is 0 Å². The van der Waals surface area contributed by atoms with E-state index in [4.69, 9.17) is 0 Å². The average Bonchev–Trinajstić information content (AvgIpc) is 0.729. The maximum absolute atomic E-state index is 14.4. The average molecular weight is 2320 g/mol. The third-order valence-electron chi connectivity index (χ3n) is 18.8. The van der Waals surface area contributed by atoms with Crippen molar-refractivity contribution >= 4 is 87.5 Å².